The Bertz CT molecular complexity index is 185. The van der Waals surface area contributed by atoms with Crippen LogP contribution in [0.15, 0.2) is 24.3 Å². The van der Waals surface area contributed by atoms with Gasteiger partial charge in [0.2, 0.25) is 0 Å². The van der Waals surface area contributed by atoms with E-state index < -0.39 is 4.30 Å². The normalized spacial score (nSPS) is 9.08. The van der Waals surface area contributed by atoms with E-state index in [0.29, 0.717) is 5.02 Å². The summed E-state index contributed by atoms with van der Waals surface area (Å²) in [5.74, 6) is 0.245. The van der Waals surface area contributed by atoms with E-state index >= 15 is 0 Å². The number of rotatable bonds is 0. The zero-order chi connectivity index (χ0) is 9.56. The van der Waals surface area contributed by atoms with Crippen LogP contribution in [-0.2, 0) is 0 Å². The van der Waals surface area contributed by atoms with Crippen LogP contribution in [0.5, 0.6) is 5.75 Å². The van der Waals surface area contributed by atoms with Crippen molar-refractivity contribution < 1.29 is 5.11 Å². The third-order valence-corrected chi connectivity index (χ3v) is 1.08. The van der Waals surface area contributed by atoms with Gasteiger partial charge in [-0.05, 0) is 24.3 Å². The lowest BCUT2D eigenvalue weighted by molar-refractivity contribution is 0.475. The molecule has 0 aromatic heterocycles. The summed E-state index contributed by atoms with van der Waals surface area (Å²) in [7, 11) is 0. The molecule has 0 amide bonds. The Morgan fingerprint density at radius 1 is 1.00 bits per heavy atom. The van der Waals surface area contributed by atoms with Crippen molar-refractivity contribution in [1.82, 2.24) is 0 Å². The first-order valence-electron chi connectivity index (χ1n) is 2.89. The Kier molecular flexibility index (Phi) is 6.77. The SMILES string of the molecule is ClC(Cl)Cl.Oc1ccc(Cl)cc1. The smallest absolute Gasteiger partial charge is 0.180 e. The Morgan fingerprint density at radius 2 is 1.33 bits per heavy atom. The molecular formula is C7H6Cl4O. The van der Waals surface area contributed by atoms with Crippen molar-refractivity contribution in [3.63, 3.8) is 0 Å². The summed E-state index contributed by atoms with van der Waals surface area (Å²) in [5, 5.41) is 9.34. The highest BCUT2D eigenvalue weighted by Crippen LogP contribution is 2.12. The second-order valence-corrected chi connectivity index (χ2v) is 4.14. The molecule has 0 bridgehead atoms. The van der Waals surface area contributed by atoms with Gasteiger partial charge < -0.3 is 5.11 Å². The molecule has 0 spiro atoms. The average molecular weight is 248 g/mol. The van der Waals surface area contributed by atoms with E-state index in [1.807, 2.05) is 0 Å². The van der Waals surface area contributed by atoms with Gasteiger partial charge in [0, 0.05) is 5.02 Å². The van der Waals surface area contributed by atoms with Crippen LogP contribution in [0, 0.1) is 0 Å². The van der Waals surface area contributed by atoms with E-state index in [9.17, 15) is 0 Å². The fraction of sp³-hybridized carbons (Fsp3) is 0.143. The van der Waals surface area contributed by atoms with E-state index in [1.54, 1.807) is 24.3 Å². The van der Waals surface area contributed by atoms with Gasteiger partial charge in [0.25, 0.3) is 0 Å². The topological polar surface area (TPSA) is 20.2 Å². The highest BCUT2D eigenvalue weighted by Gasteiger charge is 1.84. The predicted octanol–water partition coefficient (Wildman–Crippen LogP) is 4.03. The fourth-order valence-corrected chi connectivity index (χ4v) is 0.567. The van der Waals surface area contributed by atoms with E-state index in [2.05, 4.69) is 0 Å². The Morgan fingerprint density at radius 3 is 1.58 bits per heavy atom. The van der Waals surface area contributed by atoms with E-state index in [0.717, 1.165) is 0 Å². The third kappa shape index (κ3) is 8.28. The minimum Gasteiger partial charge on any atom is -0.508 e. The zero-order valence-corrected chi connectivity index (χ0v) is 8.87. The van der Waals surface area contributed by atoms with Gasteiger partial charge in [0.1, 0.15) is 5.75 Å². The van der Waals surface area contributed by atoms with Crippen LogP contribution in [0.4, 0.5) is 0 Å². The molecule has 12 heavy (non-hydrogen) atoms. The Balaban J connectivity index is 0.000000261. The molecule has 0 saturated heterocycles. The summed E-state index contributed by atoms with van der Waals surface area (Å²) < 4.78 is -0.750. The predicted molar refractivity (Wildman–Crippen MR) is 54.5 cm³/mol. The lowest BCUT2D eigenvalue weighted by atomic mass is 10.3. The molecular weight excluding hydrogens is 242 g/mol. The van der Waals surface area contributed by atoms with Crippen molar-refractivity contribution in [2.24, 2.45) is 0 Å². The van der Waals surface area contributed by atoms with Gasteiger partial charge >= 0.3 is 0 Å². The number of phenolic OH excluding ortho intramolecular Hbond substituents is 1. The highest BCUT2D eigenvalue weighted by atomic mass is 35.6. The highest BCUT2D eigenvalue weighted by molar-refractivity contribution is 6.63. The quantitative estimate of drug-likeness (QED) is 0.687. The summed E-state index contributed by atoms with van der Waals surface area (Å²) in [6.45, 7) is 0. The van der Waals surface area contributed by atoms with Crippen LogP contribution in [0.1, 0.15) is 0 Å². The number of phenols is 1. The van der Waals surface area contributed by atoms with Gasteiger partial charge in [-0.15, -0.1) is 0 Å². The molecule has 0 heterocycles. The van der Waals surface area contributed by atoms with Crippen LogP contribution in [0.25, 0.3) is 0 Å². The standard InChI is InChI=1S/C6H5ClO.CHCl3/c7-5-1-3-6(8)4-2-5;2-1(3)4/h1-4,8H;1H. The molecule has 0 fully saturated rings. The van der Waals surface area contributed by atoms with Gasteiger partial charge in [0.05, 0.1) is 0 Å². The minimum absolute atomic E-state index is 0.245. The Labute approximate surface area is 90.8 Å². The largest absolute Gasteiger partial charge is 0.508 e. The first kappa shape index (κ1) is 12.2. The lowest BCUT2D eigenvalue weighted by Gasteiger charge is -1.87. The lowest BCUT2D eigenvalue weighted by Crippen LogP contribution is -1.61. The summed E-state index contributed by atoms with van der Waals surface area (Å²) in [6, 6.07) is 6.36. The van der Waals surface area contributed by atoms with Crippen molar-refractivity contribution in [3.8, 4) is 5.75 Å². The van der Waals surface area contributed by atoms with Crippen LogP contribution in [-0.4, -0.2) is 9.40 Å². The van der Waals surface area contributed by atoms with Crippen LogP contribution < -0.4 is 0 Å². The average Bonchev–Trinajstić information content (AvgIpc) is 1.94. The maximum absolute atomic E-state index is 8.70. The van der Waals surface area contributed by atoms with Crippen LogP contribution >= 0.6 is 46.4 Å². The summed E-state index contributed by atoms with van der Waals surface area (Å²) in [4.78, 5) is 0. The molecule has 0 radical (unpaired) electrons. The van der Waals surface area contributed by atoms with Gasteiger partial charge in [0.15, 0.2) is 4.30 Å². The van der Waals surface area contributed by atoms with E-state index in [-0.39, 0.29) is 5.75 Å². The molecule has 5 heteroatoms. The maximum Gasteiger partial charge on any atom is 0.180 e. The molecule has 0 aliphatic heterocycles. The molecule has 68 valence electrons. The molecule has 0 saturated carbocycles. The van der Waals surface area contributed by atoms with Gasteiger partial charge in [-0.1, -0.05) is 46.4 Å². The van der Waals surface area contributed by atoms with Crippen molar-refractivity contribution in [2.75, 3.05) is 0 Å². The summed E-state index contributed by atoms with van der Waals surface area (Å²) in [5.41, 5.74) is 0. The molecule has 1 N–H and O–H groups in total. The van der Waals surface area contributed by atoms with Gasteiger partial charge in [-0.25, -0.2) is 0 Å². The number of hydrogen-bond acceptors (Lipinski definition) is 1. The molecule has 1 aromatic rings. The molecule has 0 aliphatic carbocycles. The van der Waals surface area contributed by atoms with Gasteiger partial charge in [-0.3, -0.25) is 0 Å². The zero-order valence-electron chi connectivity index (χ0n) is 5.85. The van der Waals surface area contributed by atoms with Crippen molar-refractivity contribution in [3.05, 3.63) is 29.3 Å². The second kappa shape index (κ2) is 6.67. The van der Waals surface area contributed by atoms with E-state index in [4.69, 9.17) is 51.5 Å². The van der Waals surface area contributed by atoms with Crippen LogP contribution in [0.3, 0.4) is 0 Å². The monoisotopic (exact) mass is 246 g/mol. The van der Waals surface area contributed by atoms with Gasteiger partial charge in [-0.2, -0.15) is 0 Å². The molecule has 1 rings (SSSR count). The number of benzene rings is 1. The summed E-state index contributed by atoms with van der Waals surface area (Å²) >= 11 is 19.9. The van der Waals surface area contributed by atoms with Crippen LogP contribution in [0.2, 0.25) is 5.02 Å². The molecule has 0 atom stereocenters. The molecule has 0 unspecified atom stereocenters. The minimum atomic E-state index is -0.750. The summed E-state index contributed by atoms with van der Waals surface area (Å²) in [6.07, 6.45) is 0. The van der Waals surface area contributed by atoms with Crippen molar-refractivity contribution in [1.29, 1.82) is 0 Å². The number of hydrogen-bond donors (Lipinski definition) is 1. The number of aromatic hydroxyl groups is 1. The number of alkyl halides is 3. The van der Waals surface area contributed by atoms with Crippen molar-refractivity contribution in [2.45, 2.75) is 4.30 Å². The van der Waals surface area contributed by atoms with Crippen molar-refractivity contribution >= 4 is 46.4 Å². The number of halogens is 4. The first-order chi connectivity index (χ1) is 5.52. The molecule has 0 aliphatic rings. The maximum atomic E-state index is 8.70. The second-order valence-electron chi connectivity index (χ2n) is 1.72. The fourth-order valence-electron chi connectivity index (χ4n) is 0.441. The van der Waals surface area contributed by atoms with E-state index in [1.165, 1.54) is 0 Å². The molecule has 1 nitrogen and oxygen atoms in total. The first-order valence-corrected chi connectivity index (χ1v) is 4.58. The third-order valence-electron chi connectivity index (χ3n) is 0.827. The molecule has 1 aromatic carbocycles. The Hall–Kier alpha value is 0.180.